The highest BCUT2D eigenvalue weighted by atomic mass is 35.5. The molecule has 0 bridgehead atoms. The lowest BCUT2D eigenvalue weighted by atomic mass is 10.1. The maximum Gasteiger partial charge on any atom is 0.279 e. The molecule has 100 valence electrons. The number of rotatable bonds is 3. The van der Waals surface area contributed by atoms with Gasteiger partial charge in [0.1, 0.15) is 0 Å². The van der Waals surface area contributed by atoms with E-state index in [9.17, 15) is 4.79 Å². The minimum atomic E-state index is -0.364. The Hall–Kier alpha value is -2.18. The van der Waals surface area contributed by atoms with Gasteiger partial charge in [0.15, 0.2) is 16.6 Å². The summed E-state index contributed by atoms with van der Waals surface area (Å²) in [4.78, 5) is 15.9. The number of hydrogen-bond acceptors (Lipinski definition) is 5. The Morgan fingerprint density at radius 3 is 3.00 bits per heavy atom. The highest BCUT2D eigenvalue weighted by molar-refractivity contribution is 7.13. The fraction of sp³-hybridized carbons (Fsp3) is 0. The van der Waals surface area contributed by atoms with Crippen LogP contribution in [-0.2, 0) is 0 Å². The van der Waals surface area contributed by atoms with Gasteiger partial charge in [-0.15, -0.1) is 11.3 Å². The quantitative estimate of drug-likeness (QED) is 0.801. The van der Waals surface area contributed by atoms with E-state index < -0.39 is 0 Å². The van der Waals surface area contributed by atoms with E-state index in [0.29, 0.717) is 15.9 Å². The van der Waals surface area contributed by atoms with Gasteiger partial charge in [0, 0.05) is 28.2 Å². The number of hydrogen-bond donors (Lipinski definition) is 1. The van der Waals surface area contributed by atoms with Crippen LogP contribution in [0.25, 0.3) is 11.3 Å². The van der Waals surface area contributed by atoms with Gasteiger partial charge >= 0.3 is 0 Å². The molecule has 5 nitrogen and oxygen atoms in total. The highest BCUT2D eigenvalue weighted by Gasteiger charge is 2.14. The minimum Gasteiger partial charge on any atom is -0.355 e. The predicted molar refractivity (Wildman–Crippen MR) is 77.0 cm³/mol. The van der Waals surface area contributed by atoms with Crippen molar-refractivity contribution in [1.82, 2.24) is 10.1 Å². The molecule has 0 aliphatic heterocycles. The van der Waals surface area contributed by atoms with Gasteiger partial charge < -0.3 is 4.52 Å². The Kier molecular flexibility index (Phi) is 3.49. The van der Waals surface area contributed by atoms with Gasteiger partial charge in [-0.3, -0.25) is 10.1 Å². The first kappa shape index (κ1) is 12.8. The van der Waals surface area contributed by atoms with Crippen molar-refractivity contribution in [2.24, 2.45) is 0 Å². The van der Waals surface area contributed by atoms with Crippen LogP contribution in [0.15, 0.2) is 46.4 Å². The number of aromatic nitrogens is 2. The molecule has 0 fully saturated rings. The van der Waals surface area contributed by atoms with E-state index in [1.165, 1.54) is 11.3 Å². The van der Waals surface area contributed by atoms with E-state index in [0.717, 1.165) is 5.56 Å². The fourth-order valence-electron chi connectivity index (χ4n) is 1.61. The number of thiazole rings is 1. The van der Waals surface area contributed by atoms with E-state index >= 15 is 0 Å². The molecule has 0 unspecified atom stereocenters. The van der Waals surface area contributed by atoms with Gasteiger partial charge in [0.05, 0.1) is 0 Å². The van der Waals surface area contributed by atoms with Crippen LogP contribution in [0.2, 0.25) is 5.02 Å². The van der Waals surface area contributed by atoms with Crippen molar-refractivity contribution in [2.75, 3.05) is 5.32 Å². The molecule has 1 N–H and O–H groups in total. The lowest BCUT2D eigenvalue weighted by Crippen LogP contribution is -2.11. The summed E-state index contributed by atoms with van der Waals surface area (Å²) in [5, 5.41) is 9.26. The Labute approximate surface area is 123 Å². The number of halogens is 1. The monoisotopic (exact) mass is 305 g/mol. The molecule has 0 saturated carbocycles. The van der Waals surface area contributed by atoms with Gasteiger partial charge in [-0.2, -0.15) is 0 Å². The summed E-state index contributed by atoms with van der Waals surface area (Å²) in [6.45, 7) is 0. The standard InChI is InChI=1S/C13H8ClN3O2S/c14-9-3-1-2-8(6-9)11-7-10(17-19-11)12(18)16-13-15-4-5-20-13/h1-7H,(H,15,16,18). The summed E-state index contributed by atoms with van der Waals surface area (Å²) < 4.78 is 5.16. The molecule has 20 heavy (non-hydrogen) atoms. The fourth-order valence-corrected chi connectivity index (χ4v) is 2.32. The zero-order valence-corrected chi connectivity index (χ0v) is 11.6. The predicted octanol–water partition coefficient (Wildman–Crippen LogP) is 3.70. The SMILES string of the molecule is O=C(Nc1nccs1)c1cc(-c2cccc(Cl)c2)on1. The lowest BCUT2D eigenvalue weighted by molar-refractivity contribution is 0.101. The first-order valence-electron chi connectivity index (χ1n) is 5.66. The summed E-state index contributed by atoms with van der Waals surface area (Å²) in [6, 6.07) is 8.70. The summed E-state index contributed by atoms with van der Waals surface area (Å²) in [6.07, 6.45) is 1.61. The Bertz CT molecular complexity index is 740. The smallest absolute Gasteiger partial charge is 0.279 e. The second kappa shape index (κ2) is 5.44. The third-order valence-corrected chi connectivity index (χ3v) is 3.43. The third kappa shape index (κ3) is 2.71. The zero-order chi connectivity index (χ0) is 13.9. The van der Waals surface area contributed by atoms with E-state index in [4.69, 9.17) is 16.1 Å². The molecule has 0 atom stereocenters. The average Bonchev–Trinajstić information content (AvgIpc) is 3.09. The molecule has 0 aliphatic carbocycles. The van der Waals surface area contributed by atoms with Crippen LogP contribution in [0.1, 0.15) is 10.5 Å². The van der Waals surface area contributed by atoms with Crippen LogP contribution in [0.3, 0.4) is 0 Å². The van der Waals surface area contributed by atoms with Crippen LogP contribution in [0, 0.1) is 0 Å². The molecule has 0 spiro atoms. The minimum absolute atomic E-state index is 0.190. The topological polar surface area (TPSA) is 68.0 Å². The molecule has 0 aliphatic rings. The molecule has 3 rings (SSSR count). The highest BCUT2D eigenvalue weighted by Crippen LogP contribution is 2.23. The Morgan fingerprint density at radius 1 is 1.35 bits per heavy atom. The number of carbonyl (C=O) groups excluding carboxylic acids is 1. The second-order valence-corrected chi connectivity index (χ2v) is 5.21. The van der Waals surface area contributed by atoms with Crippen LogP contribution in [-0.4, -0.2) is 16.0 Å². The molecular formula is C13H8ClN3O2S. The maximum atomic E-state index is 11.9. The van der Waals surface area contributed by atoms with Crippen molar-refractivity contribution in [2.45, 2.75) is 0 Å². The second-order valence-electron chi connectivity index (χ2n) is 3.88. The molecule has 1 amide bonds. The van der Waals surface area contributed by atoms with E-state index in [1.54, 1.807) is 35.8 Å². The molecule has 7 heteroatoms. The number of carbonyl (C=O) groups is 1. The van der Waals surface area contributed by atoms with Gasteiger partial charge in [-0.1, -0.05) is 28.9 Å². The molecule has 2 aromatic heterocycles. The molecule has 1 aromatic carbocycles. The van der Waals surface area contributed by atoms with Crippen LogP contribution in [0.5, 0.6) is 0 Å². The third-order valence-electron chi connectivity index (χ3n) is 2.50. The number of amides is 1. The van der Waals surface area contributed by atoms with Crippen LogP contribution < -0.4 is 5.32 Å². The normalized spacial score (nSPS) is 10.4. The van der Waals surface area contributed by atoms with Crippen molar-refractivity contribution in [3.63, 3.8) is 0 Å². The van der Waals surface area contributed by atoms with Gasteiger partial charge in [0.2, 0.25) is 0 Å². The van der Waals surface area contributed by atoms with E-state index in [1.807, 2.05) is 6.07 Å². The number of nitrogens with zero attached hydrogens (tertiary/aromatic N) is 2. The van der Waals surface area contributed by atoms with Crippen molar-refractivity contribution in [3.05, 3.63) is 52.6 Å². The van der Waals surface area contributed by atoms with E-state index in [2.05, 4.69) is 15.5 Å². The summed E-state index contributed by atoms with van der Waals surface area (Å²) in [7, 11) is 0. The van der Waals surface area contributed by atoms with Crippen molar-refractivity contribution in [3.8, 4) is 11.3 Å². The van der Waals surface area contributed by atoms with Crippen molar-refractivity contribution >= 4 is 34.0 Å². The Morgan fingerprint density at radius 2 is 2.25 bits per heavy atom. The largest absolute Gasteiger partial charge is 0.355 e. The van der Waals surface area contributed by atoms with Gasteiger partial charge in [-0.05, 0) is 12.1 Å². The number of benzene rings is 1. The first-order valence-corrected chi connectivity index (χ1v) is 6.91. The Balaban J connectivity index is 1.81. The summed E-state index contributed by atoms with van der Waals surface area (Å²) >= 11 is 7.24. The first-order chi connectivity index (χ1) is 9.72. The lowest BCUT2D eigenvalue weighted by Gasteiger charge is -1.96. The molecule has 0 saturated heterocycles. The summed E-state index contributed by atoms with van der Waals surface area (Å²) in [5.74, 6) is 0.119. The van der Waals surface area contributed by atoms with Crippen molar-refractivity contribution < 1.29 is 9.32 Å². The summed E-state index contributed by atoms with van der Waals surface area (Å²) in [5.41, 5.74) is 0.952. The molecule has 3 aromatic rings. The maximum absolute atomic E-state index is 11.9. The van der Waals surface area contributed by atoms with Crippen LogP contribution in [0.4, 0.5) is 5.13 Å². The molecular weight excluding hydrogens is 298 g/mol. The van der Waals surface area contributed by atoms with Crippen molar-refractivity contribution in [1.29, 1.82) is 0 Å². The molecule has 2 heterocycles. The van der Waals surface area contributed by atoms with Crippen LogP contribution >= 0.6 is 22.9 Å². The van der Waals surface area contributed by atoms with E-state index in [-0.39, 0.29) is 11.6 Å². The van der Waals surface area contributed by atoms with Gasteiger partial charge in [-0.25, -0.2) is 4.98 Å². The van der Waals surface area contributed by atoms with Gasteiger partial charge in [0.25, 0.3) is 5.91 Å². The zero-order valence-electron chi connectivity index (χ0n) is 10.0. The number of anilines is 1. The molecule has 0 radical (unpaired) electrons. The average molecular weight is 306 g/mol. The number of nitrogens with one attached hydrogen (secondary N) is 1.